The zero-order valence-electron chi connectivity index (χ0n) is 11.3. The predicted molar refractivity (Wildman–Crippen MR) is 72.0 cm³/mol. The van der Waals surface area contributed by atoms with Crippen LogP contribution >= 0.6 is 0 Å². The van der Waals surface area contributed by atoms with Crippen molar-refractivity contribution < 1.29 is 23.0 Å². The molecule has 7 heteroatoms. The molecule has 4 nitrogen and oxygen atoms in total. The maximum Gasteiger partial charge on any atom is 0.405 e. The molecule has 0 aromatic heterocycles. The second kappa shape index (κ2) is 7.23. The summed E-state index contributed by atoms with van der Waals surface area (Å²) in [4.78, 5) is 0.994. The van der Waals surface area contributed by atoms with Gasteiger partial charge < -0.3 is 20.5 Å². The highest BCUT2D eigenvalue weighted by atomic mass is 19.4. The minimum absolute atomic E-state index is 0.152. The first-order valence-corrected chi connectivity index (χ1v) is 6.33. The number of aliphatic hydroxyl groups excluding tert-OH is 1. The van der Waals surface area contributed by atoms with Gasteiger partial charge in [-0.2, -0.15) is 13.2 Å². The monoisotopic (exact) mass is 292 g/mol. The molecule has 0 unspecified atom stereocenters. The summed E-state index contributed by atoms with van der Waals surface area (Å²) in [5, 5.41) is 8.92. The van der Waals surface area contributed by atoms with Crippen molar-refractivity contribution >= 4 is 11.4 Å². The van der Waals surface area contributed by atoms with E-state index in [4.69, 9.17) is 15.6 Å². The number of nitrogens with zero attached hydrogens (tertiary/aromatic N) is 1. The van der Waals surface area contributed by atoms with Gasteiger partial charge in [0.25, 0.3) is 0 Å². The molecule has 0 aliphatic heterocycles. The number of para-hydroxylation sites is 1. The highest BCUT2D eigenvalue weighted by molar-refractivity contribution is 5.74. The molecule has 0 saturated carbocycles. The number of rotatable bonds is 7. The van der Waals surface area contributed by atoms with Crippen molar-refractivity contribution in [1.82, 2.24) is 0 Å². The van der Waals surface area contributed by atoms with Gasteiger partial charge in [0.15, 0.2) is 0 Å². The third-order valence-electron chi connectivity index (χ3n) is 2.59. The van der Waals surface area contributed by atoms with E-state index in [1.165, 1.54) is 6.07 Å². The fraction of sp³-hybridized carbons (Fsp3) is 0.538. The number of ether oxygens (including phenoxy) is 1. The average molecular weight is 292 g/mol. The number of aliphatic hydroxyl groups is 1. The Morgan fingerprint density at radius 1 is 1.35 bits per heavy atom. The Bertz CT molecular complexity index is 425. The van der Waals surface area contributed by atoms with Crippen LogP contribution in [0, 0.1) is 0 Å². The summed E-state index contributed by atoms with van der Waals surface area (Å²) in [6, 6.07) is 4.67. The first-order chi connectivity index (χ1) is 9.39. The third-order valence-corrected chi connectivity index (χ3v) is 2.59. The Labute approximate surface area is 115 Å². The van der Waals surface area contributed by atoms with Crippen LogP contribution in [0.1, 0.15) is 13.3 Å². The first kappa shape index (κ1) is 16.4. The van der Waals surface area contributed by atoms with Gasteiger partial charge in [0.05, 0.1) is 24.6 Å². The summed E-state index contributed by atoms with van der Waals surface area (Å²) in [7, 11) is 0. The molecule has 0 aliphatic rings. The molecule has 0 spiro atoms. The molecule has 0 radical (unpaired) electrons. The smallest absolute Gasteiger partial charge is 0.405 e. The van der Waals surface area contributed by atoms with Crippen molar-refractivity contribution in [3.05, 3.63) is 18.2 Å². The van der Waals surface area contributed by atoms with E-state index in [1.54, 1.807) is 12.1 Å². The molecule has 0 atom stereocenters. The summed E-state index contributed by atoms with van der Waals surface area (Å²) in [6.07, 6.45) is -3.60. The molecular formula is C13H19F3N2O2. The Hall–Kier alpha value is -1.63. The van der Waals surface area contributed by atoms with Gasteiger partial charge in [-0.3, -0.25) is 0 Å². The number of alkyl halides is 3. The highest BCUT2D eigenvalue weighted by Crippen LogP contribution is 2.33. The van der Waals surface area contributed by atoms with Crippen molar-refractivity contribution in [3.8, 4) is 5.75 Å². The van der Waals surface area contributed by atoms with E-state index < -0.39 is 19.3 Å². The largest absolute Gasteiger partial charge is 0.491 e. The molecule has 1 rings (SSSR count). The number of halogens is 3. The van der Waals surface area contributed by atoms with Gasteiger partial charge >= 0.3 is 6.18 Å². The molecule has 0 heterocycles. The number of nitrogen functional groups attached to an aromatic ring is 1. The molecular weight excluding hydrogens is 273 g/mol. The summed E-state index contributed by atoms with van der Waals surface area (Å²) < 4.78 is 43.1. The lowest BCUT2D eigenvalue weighted by molar-refractivity contribution is -0.119. The van der Waals surface area contributed by atoms with E-state index in [9.17, 15) is 13.2 Å². The molecule has 0 fully saturated rings. The molecule has 3 N–H and O–H groups in total. The zero-order valence-corrected chi connectivity index (χ0v) is 11.3. The van der Waals surface area contributed by atoms with Crippen LogP contribution in [0.5, 0.6) is 5.75 Å². The third kappa shape index (κ3) is 4.80. The van der Waals surface area contributed by atoms with E-state index in [-0.39, 0.29) is 17.9 Å². The minimum atomic E-state index is -4.37. The fourth-order valence-corrected chi connectivity index (χ4v) is 1.77. The highest BCUT2D eigenvalue weighted by Gasteiger charge is 2.31. The molecule has 1 aromatic carbocycles. The van der Waals surface area contributed by atoms with Crippen LogP contribution in [0.4, 0.5) is 24.5 Å². The SMILES string of the molecule is CCCOc1cccc(N(CCO)CC(F)(F)F)c1N. The zero-order chi connectivity index (χ0) is 15.2. The maximum atomic E-state index is 12.6. The molecule has 20 heavy (non-hydrogen) atoms. The molecule has 114 valence electrons. The summed E-state index contributed by atoms with van der Waals surface area (Å²) in [5.74, 6) is 0.356. The van der Waals surface area contributed by atoms with Gasteiger partial charge in [-0.15, -0.1) is 0 Å². The molecule has 0 saturated heterocycles. The van der Waals surface area contributed by atoms with E-state index in [0.717, 1.165) is 11.3 Å². The topological polar surface area (TPSA) is 58.7 Å². The summed E-state index contributed by atoms with van der Waals surface area (Å²) in [5.41, 5.74) is 6.22. The van der Waals surface area contributed by atoms with Crippen LogP contribution in [0.3, 0.4) is 0 Å². The van der Waals surface area contributed by atoms with E-state index in [0.29, 0.717) is 12.4 Å². The van der Waals surface area contributed by atoms with Crippen molar-refractivity contribution in [3.63, 3.8) is 0 Å². The van der Waals surface area contributed by atoms with Crippen molar-refractivity contribution in [1.29, 1.82) is 0 Å². The van der Waals surface area contributed by atoms with Gasteiger partial charge in [-0.05, 0) is 18.6 Å². The second-order valence-corrected chi connectivity index (χ2v) is 4.30. The number of benzene rings is 1. The second-order valence-electron chi connectivity index (χ2n) is 4.30. The lowest BCUT2D eigenvalue weighted by Gasteiger charge is -2.27. The van der Waals surface area contributed by atoms with E-state index in [1.807, 2.05) is 6.92 Å². The van der Waals surface area contributed by atoms with Crippen LogP contribution in [0.25, 0.3) is 0 Å². The Balaban J connectivity index is 3.00. The van der Waals surface area contributed by atoms with Crippen LogP contribution in [-0.2, 0) is 0 Å². The van der Waals surface area contributed by atoms with Gasteiger partial charge in [0.2, 0.25) is 0 Å². The van der Waals surface area contributed by atoms with E-state index >= 15 is 0 Å². The van der Waals surface area contributed by atoms with Crippen LogP contribution in [0.2, 0.25) is 0 Å². The Kier molecular flexibility index (Phi) is 5.94. The fourth-order valence-electron chi connectivity index (χ4n) is 1.77. The van der Waals surface area contributed by atoms with Crippen molar-refractivity contribution in [2.75, 3.05) is 36.9 Å². The molecule has 0 bridgehead atoms. The van der Waals surface area contributed by atoms with Crippen LogP contribution in [0.15, 0.2) is 18.2 Å². The Morgan fingerprint density at radius 2 is 2.05 bits per heavy atom. The lowest BCUT2D eigenvalue weighted by atomic mass is 10.2. The lowest BCUT2D eigenvalue weighted by Crippen LogP contribution is -2.36. The summed E-state index contributed by atoms with van der Waals surface area (Å²) >= 11 is 0. The van der Waals surface area contributed by atoms with Gasteiger partial charge in [-0.1, -0.05) is 13.0 Å². The van der Waals surface area contributed by atoms with Crippen molar-refractivity contribution in [2.45, 2.75) is 19.5 Å². The molecule has 1 aromatic rings. The molecule has 0 amide bonds. The van der Waals surface area contributed by atoms with Gasteiger partial charge in [0.1, 0.15) is 12.3 Å². The average Bonchev–Trinajstić information content (AvgIpc) is 2.35. The standard InChI is InChI=1S/C13H19F3N2O2/c1-2-8-20-11-5-3-4-10(12(11)17)18(6-7-19)9-13(14,15)16/h3-5,19H,2,6-9,17H2,1H3. The van der Waals surface area contributed by atoms with Gasteiger partial charge in [0, 0.05) is 6.54 Å². The number of hydrogen-bond acceptors (Lipinski definition) is 4. The van der Waals surface area contributed by atoms with Crippen molar-refractivity contribution in [2.24, 2.45) is 0 Å². The first-order valence-electron chi connectivity index (χ1n) is 6.33. The number of nitrogens with two attached hydrogens (primary N) is 1. The number of anilines is 2. The Morgan fingerprint density at radius 3 is 2.60 bits per heavy atom. The minimum Gasteiger partial charge on any atom is -0.491 e. The number of hydrogen-bond donors (Lipinski definition) is 2. The summed E-state index contributed by atoms with van der Waals surface area (Å²) in [6.45, 7) is 0.639. The normalized spacial score (nSPS) is 11.4. The quantitative estimate of drug-likeness (QED) is 0.758. The molecule has 0 aliphatic carbocycles. The van der Waals surface area contributed by atoms with E-state index in [2.05, 4.69) is 0 Å². The maximum absolute atomic E-state index is 12.6. The van der Waals surface area contributed by atoms with Gasteiger partial charge in [-0.25, -0.2) is 0 Å². The predicted octanol–water partition coefficient (Wildman–Crippen LogP) is 2.42. The van der Waals surface area contributed by atoms with Crippen LogP contribution in [-0.4, -0.2) is 37.6 Å². The van der Waals surface area contributed by atoms with Crippen LogP contribution < -0.4 is 15.4 Å².